The highest BCUT2D eigenvalue weighted by atomic mass is 16.6. The van der Waals surface area contributed by atoms with Gasteiger partial charge in [0.25, 0.3) is 0 Å². The molecule has 5 heteroatoms. The normalized spacial score (nSPS) is 14.9. The number of carbonyl (C=O) groups excluding carboxylic acids is 2. The van der Waals surface area contributed by atoms with Crippen LogP contribution in [-0.2, 0) is 14.3 Å². The molecule has 112 valence electrons. The second kappa shape index (κ2) is 7.48. The van der Waals surface area contributed by atoms with Crippen molar-refractivity contribution < 1.29 is 14.3 Å². The van der Waals surface area contributed by atoms with Gasteiger partial charge in [-0.3, -0.25) is 4.79 Å². The van der Waals surface area contributed by atoms with Crippen LogP contribution in [0.5, 0.6) is 0 Å². The molecule has 0 aromatic carbocycles. The zero-order chi connectivity index (χ0) is 15.2. The fraction of sp³-hybridized carbons (Fsp3) is 0.857. The van der Waals surface area contributed by atoms with E-state index in [9.17, 15) is 9.59 Å². The quantitative estimate of drug-likeness (QED) is 0.743. The Labute approximate surface area is 116 Å². The number of hydrogen-bond acceptors (Lipinski definition) is 4. The van der Waals surface area contributed by atoms with Crippen LogP contribution in [0, 0.1) is 5.92 Å². The lowest BCUT2D eigenvalue weighted by molar-refractivity contribution is -0.160. The van der Waals surface area contributed by atoms with Gasteiger partial charge in [0.15, 0.2) is 0 Å². The van der Waals surface area contributed by atoms with E-state index in [4.69, 9.17) is 4.74 Å². The minimum absolute atomic E-state index is 0.0426. The van der Waals surface area contributed by atoms with E-state index in [2.05, 4.69) is 5.32 Å². The predicted molar refractivity (Wildman–Crippen MR) is 75.8 cm³/mol. The summed E-state index contributed by atoms with van der Waals surface area (Å²) in [6.07, 6.45) is 0.798. The molecule has 0 bridgehead atoms. The fourth-order valence-electron chi connectivity index (χ4n) is 1.54. The molecule has 0 unspecified atom stereocenters. The lowest BCUT2D eigenvalue weighted by atomic mass is 9.99. The molecule has 0 aromatic heterocycles. The average molecular weight is 272 g/mol. The summed E-state index contributed by atoms with van der Waals surface area (Å²) in [5.41, 5.74) is -0.547. The number of hydrogen-bond donors (Lipinski definition) is 1. The van der Waals surface area contributed by atoms with E-state index in [1.165, 1.54) is 0 Å². The maximum Gasteiger partial charge on any atom is 0.329 e. The number of likely N-dealkylation sites (N-methyl/N-ethyl adjacent to an activating group) is 1. The number of nitrogens with zero attached hydrogens (tertiary/aromatic N) is 1. The van der Waals surface area contributed by atoms with Crippen LogP contribution in [0.25, 0.3) is 0 Å². The SMILES string of the molecule is CC[C@H](C)[C@H](NC(=O)CN(C)C)C(=O)OC(C)(C)C. The van der Waals surface area contributed by atoms with Crippen molar-refractivity contribution in [1.29, 1.82) is 0 Å². The molecule has 0 heterocycles. The summed E-state index contributed by atoms with van der Waals surface area (Å²) in [5, 5.41) is 2.77. The monoisotopic (exact) mass is 272 g/mol. The van der Waals surface area contributed by atoms with Crippen molar-refractivity contribution in [2.75, 3.05) is 20.6 Å². The molecule has 0 saturated heterocycles. The largest absolute Gasteiger partial charge is 0.458 e. The molecule has 1 N–H and O–H groups in total. The van der Waals surface area contributed by atoms with E-state index in [0.717, 1.165) is 6.42 Å². The Hall–Kier alpha value is -1.10. The minimum Gasteiger partial charge on any atom is -0.458 e. The molecule has 0 aliphatic rings. The first kappa shape index (κ1) is 17.9. The van der Waals surface area contributed by atoms with Crippen molar-refractivity contribution >= 4 is 11.9 Å². The van der Waals surface area contributed by atoms with E-state index in [0.29, 0.717) is 0 Å². The van der Waals surface area contributed by atoms with Gasteiger partial charge in [-0.05, 0) is 40.8 Å². The van der Waals surface area contributed by atoms with Gasteiger partial charge in [0.1, 0.15) is 11.6 Å². The molecule has 0 aromatic rings. The maximum atomic E-state index is 12.1. The highest BCUT2D eigenvalue weighted by Gasteiger charge is 2.30. The first-order chi connectivity index (χ1) is 8.56. The summed E-state index contributed by atoms with van der Waals surface area (Å²) in [5.74, 6) is -0.490. The zero-order valence-electron chi connectivity index (χ0n) is 13.2. The molecule has 0 rings (SSSR count). The van der Waals surface area contributed by atoms with Gasteiger partial charge < -0.3 is 15.0 Å². The van der Waals surface area contributed by atoms with Crippen LogP contribution in [0.4, 0.5) is 0 Å². The highest BCUT2D eigenvalue weighted by Crippen LogP contribution is 2.14. The fourth-order valence-corrected chi connectivity index (χ4v) is 1.54. The molecule has 2 atom stereocenters. The number of esters is 1. The van der Waals surface area contributed by atoms with Gasteiger partial charge >= 0.3 is 5.97 Å². The molecule has 0 radical (unpaired) electrons. The molecule has 0 aliphatic heterocycles. The number of nitrogens with one attached hydrogen (secondary N) is 1. The third kappa shape index (κ3) is 7.82. The van der Waals surface area contributed by atoms with Gasteiger partial charge in [0.2, 0.25) is 5.91 Å². The minimum atomic E-state index is -0.586. The summed E-state index contributed by atoms with van der Waals surface area (Å²) in [6, 6.07) is -0.586. The van der Waals surface area contributed by atoms with Crippen LogP contribution in [0.15, 0.2) is 0 Å². The second-order valence-electron chi connectivity index (χ2n) is 6.20. The Morgan fingerprint density at radius 2 is 1.79 bits per heavy atom. The number of ether oxygens (including phenoxy) is 1. The molecule has 0 saturated carbocycles. The van der Waals surface area contributed by atoms with Crippen LogP contribution in [0.2, 0.25) is 0 Å². The van der Waals surface area contributed by atoms with E-state index in [1.54, 1.807) is 4.90 Å². The topological polar surface area (TPSA) is 58.6 Å². The van der Waals surface area contributed by atoms with Crippen molar-refractivity contribution in [2.45, 2.75) is 52.7 Å². The van der Waals surface area contributed by atoms with E-state index < -0.39 is 11.6 Å². The van der Waals surface area contributed by atoms with Gasteiger partial charge in [-0.25, -0.2) is 4.79 Å². The first-order valence-corrected chi connectivity index (χ1v) is 6.73. The molecular formula is C14H28N2O3. The Morgan fingerprint density at radius 1 is 1.26 bits per heavy atom. The number of amides is 1. The molecule has 5 nitrogen and oxygen atoms in total. The highest BCUT2D eigenvalue weighted by molar-refractivity contribution is 5.85. The van der Waals surface area contributed by atoms with E-state index in [1.807, 2.05) is 48.7 Å². The Kier molecular flexibility index (Phi) is 7.05. The van der Waals surface area contributed by atoms with Gasteiger partial charge in [-0.2, -0.15) is 0 Å². The summed E-state index contributed by atoms with van der Waals surface area (Å²) in [7, 11) is 3.62. The second-order valence-corrected chi connectivity index (χ2v) is 6.20. The van der Waals surface area contributed by atoms with E-state index in [-0.39, 0.29) is 24.3 Å². The van der Waals surface area contributed by atoms with Crippen LogP contribution in [0.3, 0.4) is 0 Å². The Bertz CT molecular complexity index is 308. The van der Waals surface area contributed by atoms with Crippen LogP contribution in [-0.4, -0.2) is 49.1 Å². The van der Waals surface area contributed by atoms with Crippen molar-refractivity contribution in [2.24, 2.45) is 5.92 Å². The summed E-state index contributed by atoms with van der Waals surface area (Å²) in [4.78, 5) is 25.7. The molecule has 1 amide bonds. The lowest BCUT2D eigenvalue weighted by Crippen LogP contribution is -2.49. The smallest absolute Gasteiger partial charge is 0.329 e. The van der Waals surface area contributed by atoms with Crippen molar-refractivity contribution in [3.63, 3.8) is 0 Å². The molecule has 0 fully saturated rings. The summed E-state index contributed by atoms with van der Waals surface area (Å²) < 4.78 is 5.36. The lowest BCUT2D eigenvalue weighted by Gasteiger charge is -2.28. The zero-order valence-corrected chi connectivity index (χ0v) is 13.2. The Morgan fingerprint density at radius 3 is 2.16 bits per heavy atom. The van der Waals surface area contributed by atoms with Gasteiger partial charge in [0.05, 0.1) is 6.54 Å². The summed E-state index contributed by atoms with van der Waals surface area (Å²) in [6.45, 7) is 9.64. The Balaban J connectivity index is 4.73. The molecule has 0 aliphatic carbocycles. The first-order valence-electron chi connectivity index (χ1n) is 6.73. The molecular weight excluding hydrogens is 244 g/mol. The van der Waals surface area contributed by atoms with Gasteiger partial charge in [-0.1, -0.05) is 20.3 Å². The van der Waals surface area contributed by atoms with Crippen LogP contribution < -0.4 is 5.32 Å². The van der Waals surface area contributed by atoms with Crippen molar-refractivity contribution in [3.05, 3.63) is 0 Å². The number of rotatable bonds is 6. The van der Waals surface area contributed by atoms with Crippen molar-refractivity contribution in [3.8, 4) is 0 Å². The van der Waals surface area contributed by atoms with Crippen LogP contribution >= 0.6 is 0 Å². The third-order valence-corrected chi connectivity index (χ3v) is 2.65. The number of carbonyl (C=O) groups is 2. The molecule has 0 spiro atoms. The summed E-state index contributed by atoms with van der Waals surface area (Å²) >= 11 is 0. The van der Waals surface area contributed by atoms with Crippen LogP contribution in [0.1, 0.15) is 41.0 Å². The van der Waals surface area contributed by atoms with Crippen molar-refractivity contribution in [1.82, 2.24) is 10.2 Å². The maximum absolute atomic E-state index is 12.1. The van der Waals surface area contributed by atoms with Gasteiger partial charge in [-0.15, -0.1) is 0 Å². The molecule has 19 heavy (non-hydrogen) atoms. The average Bonchev–Trinajstić information content (AvgIpc) is 2.21. The predicted octanol–water partition coefficient (Wildman–Crippen LogP) is 1.42. The third-order valence-electron chi connectivity index (χ3n) is 2.65. The van der Waals surface area contributed by atoms with E-state index >= 15 is 0 Å². The van der Waals surface area contributed by atoms with Gasteiger partial charge in [0, 0.05) is 0 Å². The standard InChI is InChI=1S/C14H28N2O3/c1-8-10(2)12(13(18)19-14(3,4)5)15-11(17)9-16(6)7/h10,12H,8-9H2,1-7H3,(H,15,17)/t10-,12-/m0/s1.